The molecule has 5 nitrogen and oxygen atoms in total. The van der Waals surface area contributed by atoms with Crippen LogP contribution < -0.4 is 14.2 Å². The van der Waals surface area contributed by atoms with Gasteiger partial charge in [-0.05, 0) is 29.8 Å². The SMILES string of the molecule is COc1c2c(cc3c1[C@@H](c1c[nH]c4ccc(Br)cc14)[N+](C)(C)CC3)OCO2. The maximum atomic E-state index is 5.88. The molecule has 0 saturated carbocycles. The summed E-state index contributed by atoms with van der Waals surface area (Å²) in [4.78, 5) is 3.44. The quantitative estimate of drug-likeness (QED) is 0.614. The average Bonchev–Trinajstić information content (AvgIpc) is 3.26. The highest BCUT2D eigenvalue weighted by Gasteiger charge is 2.43. The first-order valence-corrected chi connectivity index (χ1v) is 9.87. The second kappa shape index (κ2) is 5.91. The molecule has 0 amide bonds. The summed E-state index contributed by atoms with van der Waals surface area (Å²) in [5, 5.41) is 1.23. The van der Waals surface area contributed by atoms with E-state index in [0.29, 0.717) is 0 Å². The molecule has 0 radical (unpaired) electrons. The summed E-state index contributed by atoms with van der Waals surface area (Å²) in [7, 11) is 6.29. The lowest BCUT2D eigenvalue weighted by atomic mass is 9.85. The molecule has 6 heteroatoms. The van der Waals surface area contributed by atoms with E-state index >= 15 is 0 Å². The Balaban J connectivity index is 1.81. The van der Waals surface area contributed by atoms with E-state index in [-0.39, 0.29) is 12.8 Å². The topological polar surface area (TPSA) is 43.5 Å². The summed E-state index contributed by atoms with van der Waals surface area (Å²) in [6.07, 6.45) is 3.12. The van der Waals surface area contributed by atoms with Gasteiger partial charge in [0, 0.05) is 33.6 Å². The number of hydrogen-bond acceptors (Lipinski definition) is 3. The molecule has 2 aliphatic rings. The molecule has 1 atom stereocenters. The molecule has 3 aromatic rings. The number of fused-ring (bicyclic) bond motifs is 3. The van der Waals surface area contributed by atoms with Crippen molar-refractivity contribution in [2.24, 2.45) is 0 Å². The van der Waals surface area contributed by atoms with Gasteiger partial charge < -0.3 is 23.7 Å². The van der Waals surface area contributed by atoms with E-state index < -0.39 is 0 Å². The maximum Gasteiger partial charge on any atom is 0.231 e. The smallest absolute Gasteiger partial charge is 0.231 e. The number of nitrogens with zero attached hydrogens (tertiary/aromatic N) is 1. The molecule has 0 spiro atoms. The number of aromatic amines is 1. The zero-order valence-corrected chi connectivity index (χ0v) is 17.2. The van der Waals surface area contributed by atoms with Crippen LogP contribution in [0.1, 0.15) is 22.7 Å². The number of hydrogen-bond donors (Lipinski definition) is 1. The summed E-state index contributed by atoms with van der Waals surface area (Å²) in [6, 6.07) is 8.65. The molecule has 0 bridgehead atoms. The van der Waals surface area contributed by atoms with Gasteiger partial charge in [0.2, 0.25) is 12.5 Å². The molecule has 0 saturated heterocycles. The molecule has 2 aliphatic heterocycles. The largest absolute Gasteiger partial charge is 0.492 e. The van der Waals surface area contributed by atoms with Crippen LogP contribution in [0, 0.1) is 0 Å². The van der Waals surface area contributed by atoms with Gasteiger partial charge in [-0.25, -0.2) is 0 Å². The number of rotatable bonds is 2. The Morgan fingerprint density at radius 3 is 2.89 bits per heavy atom. The third kappa shape index (κ3) is 2.47. The highest BCUT2D eigenvalue weighted by atomic mass is 79.9. The second-order valence-corrected chi connectivity index (χ2v) is 8.72. The fraction of sp³-hybridized carbons (Fsp3) is 0.333. The fourth-order valence-corrected chi connectivity index (χ4v) is 4.91. The van der Waals surface area contributed by atoms with Gasteiger partial charge in [-0.3, -0.25) is 0 Å². The van der Waals surface area contributed by atoms with Crippen molar-refractivity contribution in [2.75, 3.05) is 34.5 Å². The van der Waals surface area contributed by atoms with Gasteiger partial charge in [0.1, 0.15) is 6.04 Å². The number of ether oxygens (including phenoxy) is 3. The van der Waals surface area contributed by atoms with Crippen LogP contribution in [-0.4, -0.2) is 44.0 Å². The summed E-state index contributed by atoms with van der Waals surface area (Å²) in [5.74, 6) is 2.32. The van der Waals surface area contributed by atoms with Gasteiger partial charge >= 0.3 is 0 Å². The van der Waals surface area contributed by atoms with Crippen molar-refractivity contribution < 1.29 is 18.7 Å². The molecule has 1 aromatic heterocycles. The van der Waals surface area contributed by atoms with Crippen molar-refractivity contribution in [3.05, 3.63) is 51.6 Å². The maximum absolute atomic E-state index is 5.88. The minimum atomic E-state index is 0.140. The summed E-state index contributed by atoms with van der Waals surface area (Å²) >= 11 is 3.62. The first kappa shape index (κ1) is 17.0. The molecule has 0 aliphatic carbocycles. The van der Waals surface area contributed by atoms with E-state index in [0.717, 1.165) is 44.7 Å². The fourth-order valence-electron chi connectivity index (χ4n) is 4.55. The van der Waals surface area contributed by atoms with Gasteiger partial charge in [-0.2, -0.15) is 0 Å². The predicted octanol–water partition coefficient (Wildman–Crippen LogP) is 4.39. The van der Waals surface area contributed by atoms with E-state index in [9.17, 15) is 0 Å². The second-order valence-electron chi connectivity index (χ2n) is 7.81. The lowest BCUT2D eigenvalue weighted by molar-refractivity contribution is -0.917. The molecule has 1 N–H and O–H groups in total. The van der Waals surface area contributed by atoms with Gasteiger partial charge in [0.05, 0.1) is 33.3 Å². The standard InChI is InChI=1S/C21H22BrN2O3/c1-24(2)7-6-12-8-17-20(27-11-26-17)21(25-3)18(12)19(24)15-10-23-16-5-4-13(22)9-14(15)16/h4-5,8-10,19,23H,6-7,11H2,1-3H3/q+1/t19-/m1/s1. The number of likely N-dealkylation sites (N-methyl/N-ethyl adjacent to an activating group) is 1. The highest BCUT2D eigenvalue weighted by molar-refractivity contribution is 9.10. The lowest BCUT2D eigenvalue weighted by Crippen LogP contribution is -2.48. The third-order valence-corrected chi connectivity index (χ3v) is 6.34. The molecule has 0 fully saturated rings. The highest BCUT2D eigenvalue weighted by Crippen LogP contribution is 2.52. The van der Waals surface area contributed by atoms with Crippen molar-refractivity contribution >= 4 is 26.8 Å². The van der Waals surface area contributed by atoms with Crippen LogP contribution in [0.5, 0.6) is 17.2 Å². The van der Waals surface area contributed by atoms with Crippen LogP contribution in [0.25, 0.3) is 10.9 Å². The number of halogens is 1. The Labute approximate surface area is 166 Å². The average molecular weight is 430 g/mol. The van der Waals surface area contributed by atoms with Crippen molar-refractivity contribution in [1.29, 1.82) is 0 Å². The van der Waals surface area contributed by atoms with E-state index in [2.05, 4.69) is 65.5 Å². The van der Waals surface area contributed by atoms with E-state index in [1.54, 1.807) is 7.11 Å². The molecule has 2 aromatic carbocycles. The Hall–Kier alpha value is -2.18. The summed E-state index contributed by atoms with van der Waals surface area (Å²) in [6.45, 7) is 1.29. The van der Waals surface area contributed by atoms with Gasteiger partial charge in [0.25, 0.3) is 0 Å². The van der Waals surface area contributed by atoms with Gasteiger partial charge in [0.15, 0.2) is 11.5 Å². The van der Waals surface area contributed by atoms with Gasteiger partial charge in [-0.15, -0.1) is 0 Å². The van der Waals surface area contributed by atoms with Crippen molar-refractivity contribution in [1.82, 2.24) is 4.98 Å². The number of benzene rings is 2. The number of nitrogens with one attached hydrogen (secondary N) is 1. The lowest BCUT2D eigenvalue weighted by Gasteiger charge is -2.43. The van der Waals surface area contributed by atoms with Crippen molar-refractivity contribution in [3.8, 4) is 17.2 Å². The molecule has 0 unspecified atom stereocenters. The first-order chi connectivity index (χ1) is 13.0. The Morgan fingerprint density at radius 2 is 2.07 bits per heavy atom. The van der Waals surface area contributed by atoms with E-state index in [1.807, 2.05) is 0 Å². The normalized spacial score (nSPS) is 19.9. The number of quaternary nitrogens is 1. The zero-order chi connectivity index (χ0) is 18.8. The Bertz CT molecular complexity index is 1060. The molecule has 140 valence electrons. The Kier molecular flexibility index (Phi) is 3.71. The Morgan fingerprint density at radius 1 is 1.22 bits per heavy atom. The van der Waals surface area contributed by atoms with Crippen LogP contribution in [0.4, 0.5) is 0 Å². The minimum absolute atomic E-state index is 0.140. The molecule has 5 rings (SSSR count). The van der Waals surface area contributed by atoms with Gasteiger partial charge in [-0.1, -0.05) is 15.9 Å². The monoisotopic (exact) mass is 429 g/mol. The van der Waals surface area contributed by atoms with Crippen LogP contribution in [0.15, 0.2) is 34.9 Å². The summed E-state index contributed by atoms with van der Waals surface area (Å²) < 4.78 is 19.2. The molecular weight excluding hydrogens is 408 g/mol. The minimum Gasteiger partial charge on any atom is -0.492 e. The molecular formula is C21H22BrN2O3+. The summed E-state index contributed by atoms with van der Waals surface area (Å²) in [5.41, 5.74) is 4.90. The van der Waals surface area contributed by atoms with Crippen LogP contribution in [-0.2, 0) is 6.42 Å². The number of aromatic nitrogens is 1. The predicted molar refractivity (Wildman–Crippen MR) is 108 cm³/mol. The van der Waals surface area contributed by atoms with Crippen molar-refractivity contribution in [3.63, 3.8) is 0 Å². The number of methoxy groups -OCH3 is 1. The van der Waals surface area contributed by atoms with Crippen LogP contribution >= 0.6 is 15.9 Å². The van der Waals surface area contributed by atoms with E-state index in [1.165, 1.54) is 22.1 Å². The van der Waals surface area contributed by atoms with Crippen molar-refractivity contribution in [2.45, 2.75) is 12.5 Å². The van der Waals surface area contributed by atoms with Crippen LogP contribution in [0.3, 0.4) is 0 Å². The molecule has 27 heavy (non-hydrogen) atoms. The van der Waals surface area contributed by atoms with Crippen LogP contribution in [0.2, 0.25) is 0 Å². The zero-order valence-electron chi connectivity index (χ0n) is 15.6. The third-order valence-electron chi connectivity index (χ3n) is 5.85. The molecule has 3 heterocycles. The van der Waals surface area contributed by atoms with E-state index in [4.69, 9.17) is 14.2 Å². The first-order valence-electron chi connectivity index (χ1n) is 9.08. The number of H-pyrrole nitrogens is 1.